The van der Waals surface area contributed by atoms with Crippen LogP contribution in [0.3, 0.4) is 0 Å². The zero-order valence-electron chi connectivity index (χ0n) is 15.1. The number of carbonyl (C=O) groups is 3. The van der Waals surface area contributed by atoms with Crippen molar-refractivity contribution >= 4 is 23.4 Å². The van der Waals surface area contributed by atoms with Gasteiger partial charge in [-0.25, -0.2) is 0 Å². The molecule has 0 bridgehead atoms. The molecule has 0 spiro atoms. The lowest BCUT2D eigenvalue weighted by Gasteiger charge is -2.13. The van der Waals surface area contributed by atoms with Gasteiger partial charge in [0.2, 0.25) is 0 Å². The summed E-state index contributed by atoms with van der Waals surface area (Å²) in [6.45, 7) is 5.87. The molecule has 2 rings (SSSR count). The minimum Gasteiger partial charge on any atom is -0.350 e. The van der Waals surface area contributed by atoms with Gasteiger partial charge in [-0.3, -0.25) is 19.5 Å². The maximum Gasteiger partial charge on any atom is 0.313 e. The number of aryl methyl sites for hydroxylation is 1. The fourth-order valence-corrected chi connectivity index (χ4v) is 2.17. The molecule has 0 fully saturated rings. The highest BCUT2D eigenvalue weighted by Gasteiger charge is 2.16. The number of rotatable bonds is 6. The Labute approximate surface area is 151 Å². The lowest BCUT2D eigenvalue weighted by atomic mass is 10.1. The van der Waals surface area contributed by atoms with Gasteiger partial charge in [-0.05, 0) is 50.1 Å². The molecule has 0 radical (unpaired) electrons. The number of benzene rings is 1. The van der Waals surface area contributed by atoms with Gasteiger partial charge < -0.3 is 16.0 Å². The van der Waals surface area contributed by atoms with Crippen LogP contribution in [0.25, 0.3) is 0 Å². The van der Waals surface area contributed by atoms with E-state index in [2.05, 4.69) is 26.1 Å². The summed E-state index contributed by atoms with van der Waals surface area (Å²) in [5.74, 6) is -1.69. The third-order valence-electron chi connectivity index (χ3n) is 3.93. The maximum atomic E-state index is 12.1. The van der Waals surface area contributed by atoms with Gasteiger partial charge in [0.15, 0.2) is 0 Å². The van der Waals surface area contributed by atoms with Crippen LogP contribution in [0.1, 0.15) is 41.9 Å². The first-order valence-corrected chi connectivity index (χ1v) is 8.39. The van der Waals surface area contributed by atoms with Gasteiger partial charge in [-0.2, -0.15) is 5.10 Å². The Kier molecular flexibility index (Phi) is 6.48. The van der Waals surface area contributed by atoms with E-state index in [0.29, 0.717) is 22.5 Å². The number of hydrogen-bond acceptors (Lipinski definition) is 4. The van der Waals surface area contributed by atoms with Gasteiger partial charge in [-0.15, -0.1) is 0 Å². The topological polar surface area (TPSA) is 116 Å². The van der Waals surface area contributed by atoms with Gasteiger partial charge in [-0.1, -0.05) is 6.92 Å². The number of carbonyl (C=O) groups excluding carboxylic acids is 3. The van der Waals surface area contributed by atoms with E-state index in [4.69, 9.17) is 0 Å². The summed E-state index contributed by atoms with van der Waals surface area (Å²) in [6.07, 6.45) is 2.40. The SMILES string of the molecule is CCC(C)NC(=O)c1ccc(NC(=O)C(=O)NCc2ccn[nH]2)c(C)c1. The molecule has 0 aliphatic rings. The lowest BCUT2D eigenvalue weighted by molar-refractivity contribution is -0.136. The number of H-pyrrole nitrogens is 1. The van der Waals surface area contributed by atoms with E-state index in [1.54, 1.807) is 37.4 Å². The van der Waals surface area contributed by atoms with Gasteiger partial charge >= 0.3 is 11.8 Å². The highest BCUT2D eigenvalue weighted by atomic mass is 16.2. The highest BCUT2D eigenvalue weighted by Crippen LogP contribution is 2.16. The summed E-state index contributed by atoms with van der Waals surface area (Å²) in [7, 11) is 0. The van der Waals surface area contributed by atoms with Crippen molar-refractivity contribution < 1.29 is 14.4 Å². The highest BCUT2D eigenvalue weighted by molar-refractivity contribution is 6.39. The summed E-state index contributed by atoms with van der Waals surface area (Å²) in [4.78, 5) is 36.0. The van der Waals surface area contributed by atoms with E-state index in [9.17, 15) is 14.4 Å². The first-order chi connectivity index (χ1) is 12.4. The molecule has 0 saturated carbocycles. The molecule has 8 heteroatoms. The molecule has 0 saturated heterocycles. The van der Waals surface area contributed by atoms with Crippen molar-refractivity contribution in [2.75, 3.05) is 5.32 Å². The molecule has 3 amide bonds. The Hall–Kier alpha value is -3.16. The molecule has 26 heavy (non-hydrogen) atoms. The average molecular weight is 357 g/mol. The molecular formula is C18H23N5O3. The van der Waals surface area contributed by atoms with Crippen molar-refractivity contribution in [1.82, 2.24) is 20.8 Å². The van der Waals surface area contributed by atoms with Crippen LogP contribution in [-0.4, -0.2) is 34.0 Å². The van der Waals surface area contributed by atoms with E-state index in [1.807, 2.05) is 13.8 Å². The molecule has 1 aromatic carbocycles. The van der Waals surface area contributed by atoms with E-state index < -0.39 is 11.8 Å². The standard InChI is InChI=1S/C18H23N5O3/c1-4-12(3)21-16(24)13-5-6-15(11(2)9-13)22-18(26)17(25)19-10-14-7-8-20-23-14/h5-9,12H,4,10H2,1-3H3,(H,19,25)(H,20,23)(H,21,24)(H,22,26). The van der Waals surface area contributed by atoms with Crippen LogP contribution in [0.2, 0.25) is 0 Å². The molecule has 0 aliphatic heterocycles. The largest absolute Gasteiger partial charge is 0.350 e. The van der Waals surface area contributed by atoms with Crippen molar-refractivity contribution in [1.29, 1.82) is 0 Å². The Balaban J connectivity index is 1.95. The van der Waals surface area contributed by atoms with Crippen molar-refractivity contribution in [3.8, 4) is 0 Å². The normalized spacial score (nSPS) is 11.5. The molecule has 4 N–H and O–H groups in total. The second-order valence-corrected chi connectivity index (χ2v) is 6.03. The quantitative estimate of drug-likeness (QED) is 0.586. The third kappa shape index (κ3) is 5.17. The van der Waals surface area contributed by atoms with Crippen LogP contribution in [0.4, 0.5) is 5.69 Å². The number of nitrogens with one attached hydrogen (secondary N) is 4. The first kappa shape index (κ1) is 19.2. The van der Waals surface area contributed by atoms with Crippen LogP contribution in [0, 0.1) is 6.92 Å². The maximum absolute atomic E-state index is 12.1. The fourth-order valence-electron chi connectivity index (χ4n) is 2.17. The molecule has 0 aliphatic carbocycles. The Morgan fingerprint density at radius 2 is 1.96 bits per heavy atom. The zero-order valence-corrected chi connectivity index (χ0v) is 15.1. The number of nitrogens with zero attached hydrogens (tertiary/aromatic N) is 1. The zero-order chi connectivity index (χ0) is 19.1. The van der Waals surface area contributed by atoms with E-state index >= 15 is 0 Å². The van der Waals surface area contributed by atoms with Crippen molar-refractivity contribution in [2.45, 2.75) is 39.8 Å². The monoisotopic (exact) mass is 357 g/mol. The van der Waals surface area contributed by atoms with E-state index in [0.717, 1.165) is 6.42 Å². The summed E-state index contributed by atoms with van der Waals surface area (Å²) in [5, 5.41) is 14.4. The molecule has 1 unspecified atom stereocenters. The minimum absolute atomic E-state index is 0.0840. The Morgan fingerprint density at radius 3 is 2.58 bits per heavy atom. The third-order valence-corrected chi connectivity index (χ3v) is 3.93. The van der Waals surface area contributed by atoms with Crippen LogP contribution in [-0.2, 0) is 16.1 Å². The predicted octanol–water partition coefficient (Wildman–Crippen LogP) is 1.50. The van der Waals surface area contributed by atoms with Crippen molar-refractivity contribution in [3.05, 3.63) is 47.3 Å². The molecule has 1 aromatic heterocycles. The molecule has 8 nitrogen and oxygen atoms in total. The van der Waals surface area contributed by atoms with Gasteiger partial charge in [0.25, 0.3) is 5.91 Å². The van der Waals surface area contributed by atoms with Gasteiger partial charge in [0.05, 0.1) is 12.2 Å². The van der Waals surface area contributed by atoms with Crippen LogP contribution in [0.5, 0.6) is 0 Å². The molecule has 138 valence electrons. The number of amides is 3. The first-order valence-electron chi connectivity index (χ1n) is 8.39. The number of aromatic amines is 1. The van der Waals surface area contributed by atoms with Crippen LogP contribution < -0.4 is 16.0 Å². The van der Waals surface area contributed by atoms with Crippen molar-refractivity contribution in [3.63, 3.8) is 0 Å². The second-order valence-electron chi connectivity index (χ2n) is 6.03. The van der Waals surface area contributed by atoms with Crippen molar-refractivity contribution in [2.24, 2.45) is 0 Å². The van der Waals surface area contributed by atoms with Gasteiger partial charge in [0.1, 0.15) is 0 Å². The van der Waals surface area contributed by atoms with E-state index in [1.165, 1.54) is 0 Å². The predicted molar refractivity (Wildman–Crippen MR) is 97.5 cm³/mol. The van der Waals surface area contributed by atoms with E-state index in [-0.39, 0.29) is 18.5 Å². The molecule has 2 aromatic rings. The van der Waals surface area contributed by atoms with Crippen LogP contribution >= 0.6 is 0 Å². The molecule has 1 atom stereocenters. The second kappa shape index (κ2) is 8.80. The summed E-state index contributed by atoms with van der Waals surface area (Å²) in [5.41, 5.74) is 2.37. The van der Waals surface area contributed by atoms with Gasteiger partial charge in [0, 0.05) is 23.5 Å². The minimum atomic E-state index is -0.774. The fraction of sp³-hybridized carbons (Fsp3) is 0.333. The number of aromatic nitrogens is 2. The summed E-state index contributed by atoms with van der Waals surface area (Å²) >= 11 is 0. The Morgan fingerprint density at radius 1 is 1.19 bits per heavy atom. The smallest absolute Gasteiger partial charge is 0.313 e. The molecule has 1 heterocycles. The lowest BCUT2D eigenvalue weighted by Crippen LogP contribution is -2.35. The summed E-state index contributed by atoms with van der Waals surface area (Å²) < 4.78 is 0. The average Bonchev–Trinajstić information content (AvgIpc) is 3.14. The Bertz CT molecular complexity index is 786. The number of hydrogen-bond donors (Lipinski definition) is 4. The number of anilines is 1. The van der Waals surface area contributed by atoms with Crippen LogP contribution in [0.15, 0.2) is 30.5 Å². The summed E-state index contributed by atoms with van der Waals surface area (Å²) in [6, 6.07) is 6.69. The molecular weight excluding hydrogens is 334 g/mol.